The zero-order chi connectivity index (χ0) is 29.7. The molecule has 0 bridgehead atoms. The number of aromatic hydroxyl groups is 1. The molecule has 6 rings (SSSR count). The number of amides is 1. The van der Waals surface area contributed by atoms with E-state index in [1.165, 1.54) is 22.8 Å². The Labute approximate surface area is 239 Å². The van der Waals surface area contributed by atoms with Gasteiger partial charge in [0.2, 0.25) is 5.91 Å². The zero-order valence-electron chi connectivity index (χ0n) is 22.9. The molecular formula is C31H26F2N6O3. The number of hydrogen-bond acceptors (Lipinski definition) is 7. The number of aryl methyl sites for hydroxylation is 1. The van der Waals surface area contributed by atoms with Crippen molar-refractivity contribution in [2.75, 3.05) is 24.5 Å². The topological polar surface area (TPSA) is 104 Å². The van der Waals surface area contributed by atoms with Crippen LogP contribution in [0.5, 0.6) is 5.75 Å². The molecule has 1 fully saturated rings. The molecular weight excluding hydrogens is 542 g/mol. The molecule has 1 aliphatic rings. The first-order chi connectivity index (χ1) is 20.2. The highest BCUT2D eigenvalue weighted by Crippen LogP contribution is 2.36. The largest absolute Gasteiger partial charge is 0.507 e. The maximum absolute atomic E-state index is 15.8. The summed E-state index contributed by atoms with van der Waals surface area (Å²) in [6, 6.07) is 11.7. The number of aromatic nitrogens is 4. The number of halogens is 2. The molecule has 3 aromatic heterocycles. The van der Waals surface area contributed by atoms with Gasteiger partial charge >= 0.3 is 5.69 Å². The molecule has 1 atom stereocenters. The van der Waals surface area contributed by atoms with Crippen molar-refractivity contribution in [3.8, 4) is 22.7 Å². The molecule has 1 aliphatic heterocycles. The Morgan fingerprint density at radius 2 is 1.88 bits per heavy atom. The van der Waals surface area contributed by atoms with Gasteiger partial charge in [0.05, 0.1) is 22.2 Å². The molecule has 0 unspecified atom stereocenters. The van der Waals surface area contributed by atoms with Gasteiger partial charge in [0, 0.05) is 37.3 Å². The van der Waals surface area contributed by atoms with Crippen LogP contribution in [-0.2, 0) is 4.79 Å². The summed E-state index contributed by atoms with van der Waals surface area (Å²) < 4.78 is 32.1. The van der Waals surface area contributed by atoms with E-state index in [4.69, 9.17) is 0 Å². The van der Waals surface area contributed by atoms with E-state index in [2.05, 4.69) is 21.5 Å². The standard InChI is InChI=1S/C31H26F2N6O3/c1-4-25(41)37-13-14-38(18(3)16-37)29-20-15-22(33)27(26-21(32)8-5-9-24(26)40)35-30(20)39(31(42)36-29)28-17(2)10-11-23-19(28)7-6-12-34-23/h4-12,15,18,40H,1,13-14,16H2,2-3H3/t18-/m0/s1. The lowest BCUT2D eigenvalue weighted by Crippen LogP contribution is -2.54. The molecule has 4 heterocycles. The first-order valence-electron chi connectivity index (χ1n) is 13.3. The van der Waals surface area contributed by atoms with Crippen LogP contribution in [0.1, 0.15) is 12.5 Å². The van der Waals surface area contributed by atoms with Crippen molar-refractivity contribution in [2.45, 2.75) is 19.9 Å². The van der Waals surface area contributed by atoms with Gasteiger partial charge in [-0.15, -0.1) is 0 Å². The number of fused-ring (bicyclic) bond motifs is 2. The Bertz CT molecular complexity index is 1950. The fraction of sp³-hybridized carbons (Fsp3) is 0.194. The second-order valence-electron chi connectivity index (χ2n) is 10.2. The predicted octanol–water partition coefficient (Wildman–Crippen LogP) is 4.51. The second kappa shape index (κ2) is 10.3. The third-order valence-corrected chi connectivity index (χ3v) is 7.60. The number of hydrogen-bond donors (Lipinski definition) is 1. The molecule has 1 saturated heterocycles. The lowest BCUT2D eigenvalue weighted by Gasteiger charge is -2.40. The van der Waals surface area contributed by atoms with E-state index in [9.17, 15) is 19.1 Å². The number of anilines is 1. The van der Waals surface area contributed by atoms with Crippen LogP contribution in [0.15, 0.2) is 72.2 Å². The van der Waals surface area contributed by atoms with Gasteiger partial charge in [0.1, 0.15) is 23.1 Å². The number of piperazine rings is 1. The van der Waals surface area contributed by atoms with Gasteiger partial charge in [-0.2, -0.15) is 4.98 Å². The Balaban J connectivity index is 1.67. The molecule has 2 aromatic carbocycles. The minimum absolute atomic E-state index is 0.0281. The summed E-state index contributed by atoms with van der Waals surface area (Å²) in [5.74, 6) is -2.29. The molecule has 212 valence electrons. The highest BCUT2D eigenvalue weighted by Gasteiger charge is 2.30. The average Bonchev–Trinajstić information content (AvgIpc) is 2.97. The summed E-state index contributed by atoms with van der Waals surface area (Å²) in [6.07, 6.45) is 2.88. The molecule has 42 heavy (non-hydrogen) atoms. The minimum atomic E-state index is -0.902. The number of phenols is 1. The van der Waals surface area contributed by atoms with Crippen molar-refractivity contribution in [3.63, 3.8) is 0 Å². The van der Waals surface area contributed by atoms with E-state index < -0.39 is 34.3 Å². The van der Waals surface area contributed by atoms with E-state index in [-0.39, 0.29) is 28.8 Å². The van der Waals surface area contributed by atoms with Crippen molar-refractivity contribution in [1.29, 1.82) is 0 Å². The van der Waals surface area contributed by atoms with Crippen molar-refractivity contribution in [3.05, 3.63) is 95.1 Å². The summed E-state index contributed by atoms with van der Waals surface area (Å²) >= 11 is 0. The number of benzene rings is 2. The normalized spacial score (nSPS) is 15.4. The van der Waals surface area contributed by atoms with Crippen molar-refractivity contribution >= 4 is 33.7 Å². The quantitative estimate of drug-likeness (QED) is 0.318. The second-order valence-corrected chi connectivity index (χ2v) is 10.2. The molecule has 0 saturated carbocycles. The molecule has 0 spiro atoms. The van der Waals surface area contributed by atoms with Gasteiger partial charge < -0.3 is 14.9 Å². The van der Waals surface area contributed by atoms with Crippen LogP contribution >= 0.6 is 0 Å². The lowest BCUT2D eigenvalue weighted by molar-refractivity contribution is -0.126. The van der Waals surface area contributed by atoms with E-state index in [1.54, 1.807) is 17.2 Å². The highest BCUT2D eigenvalue weighted by molar-refractivity contribution is 5.95. The van der Waals surface area contributed by atoms with Crippen LogP contribution in [0, 0.1) is 18.6 Å². The molecule has 1 amide bonds. The summed E-state index contributed by atoms with van der Waals surface area (Å²) in [7, 11) is 0. The summed E-state index contributed by atoms with van der Waals surface area (Å²) in [4.78, 5) is 43.0. The van der Waals surface area contributed by atoms with Crippen LogP contribution < -0.4 is 10.6 Å². The van der Waals surface area contributed by atoms with Gasteiger partial charge in [-0.3, -0.25) is 9.78 Å². The molecule has 0 radical (unpaired) electrons. The van der Waals surface area contributed by atoms with Crippen LogP contribution in [0.3, 0.4) is 0 Å². The summed E-state index contributed by atoms with van der Waals surface area (Å²) in [6.45, 7) is 8.24. The lowest BCUT2D eigenvalue weighted by atomic mass is 10.1. The van der Waals surface area contributed by atoms with E-state index in [0.29, 0.717) is 41.8 Å². The van der Waals surface area contributed by atoms with E-state index >= 15 is 4.39 Å². The Hall–Kier alpha value is -5.19. The van der Waals surface area contributed by atoms with Crippen molar-refractivity contribution in [2.24, 2.45) is 0 Å². The summed E-state index contributed by atoms with van der Waals surface area (Å²) in [5, 5.41) is 11.3. The maximum atomic E-state index is 15.8. The van der Waals surface area contributed by atoms with E-state index in [1.807, 2.05) is 36.9 Å². The molecule has 11 heteroatoms. The van der Waals surface area contributed by atoms with Gasteiger partial charge in [-0.25, -0.2) is 23.1 Å². The highest BCUT2D eigenvalue weighted by atomic mass is 19.1. The molecule has 5 aromatic rings. The molecule has 9 nitrogen and oxygen atoms in total. The van der Waals surface area contributed by atoms with Gasteiger partial charge in [-0.05, 0) is 61.9 Å². The van der Waals surface area contributed by atoms with Crippen LogP contribution in [0.4, 0.5) is 14.6 Å². The van der Waals surface area contributed by atoms with E-state index in [0.717, 1.165) is 12.1 Å². The minimum Gasteiger partial charge on any atom is -0.507 e. The van der Waals surface area contributed by atoms with Gasteiger partial charge in [-0.1, -0.05) is 18.7 Å². The Morgan fingerprint density at radius 3 is 2.62 bits per heavy atom. The third kappa shape index (κ3) is 4.33. The number of rotatable bonds is 4. The molecule has 1 N–H and O–H groups in total. The SMILES string of the molecule is C=CC(=O)N1CCN(c2nc(=O)n(-c3c(C)ccc4ncccc34)c3nc(-c4c(O)cccc4F)c(F)cc23)[C@@H](C)C1. The molecule has 0 aliphatic carbocycles. The third-order valence-electron chi connectivity index (χ3n) is 7.60. The number of carbonyl (C=O) groups excluding carboxylic acids is 1. The first-order valence-corrected chi connectivity index (χ1v) is 13.3. The number of carbonyl (C=O) groups is 1. The predicted molar refractivity (Wildman–Crippen MR) is 156 cm³/mol. The van der Waals surface area contributed by atoms with Crippen LogP contribution in [0.25, 0.3) is 38.9 Å². The maximum Gasteiger partial charge on any atom is 0.355 e. The fourth-order valence-corrected chi connectivity index (χ4v) is 5.59. The number of phenolic OH excluding ortho intramolecular Hbond substituents is 1. The first kappa shape index (κ1) is 27.0. The van der Waals surface area contributed by atoms with Crippen molar-refractivity contribution < 1.29 is 18.7 Å². The Kier molecular flexibility index (Phi) is 6.64. The number of nitrogens with zero attached hydrogens (tertiary/aromatic N) is 6. The Morgan fingerprint density at radius 1 is 1.07 bits per heavy atom. The van der Waals surface area contributed by atoms with Gasteiger partial charge in [0.15, 0.2) is 11.5 Å². The van der Waals surface area contributed by atoms with Crippen LogP contribution in [-0.4, -0.2) is 61.1 Å². The fourth-order valence-electron chi connectivity index (χ4n) is 5.59. The van der Waals surface area contributed by atoms with Gasteiger partial charge in [0.25, 0.3) is 0 Å². The summed E-state index contributed by atoms with van der Waals surface area (Å²) in [5.41, 5.74) is 0.251. The van der Waals surface area contributed by atoms with Crippen molar-refractivity contribution in [1.82, 2.24) is 24.4 Å². The zero-order valence-corrected chi connectivity index (χ0v) is 22.9. The monoisotopic (exact) mass is 568 g/mol. The number of pyridine rings is 2. The van der Waals surface area contributed by atoms with Crippen LogP contribution in [0.2, 0.25) is 0 Å². The average molecular weight is 569 g/mol. The smallest absolute Gasteiger partial charge is 0.355 e.